The number of benzene rings is 2. The number of aryl methyl sites for hydroxylation is 2. The molecule has 0 saturated carbocycles. The van der Waals surface area contributed by atoms with Crippen LogP contribution in [0.5, 0.6) is 0 Å². The zero-order valence-corrected chi connectivity index (χ0v) is 15.7. The topological polar surface area (TPSA) is 59.1 Å². The van der Waals surface area contributed by atoms with Gasteiger partial charge in [0.2, 0.25) is 10.0 Å². The largest absolute Gasteiger partial charge is 0.261 e. The summed E-state index contributed by atoms with van der Waals surface area (Å²) in [5.41, 5.74) is 3.86. The Kier molecular flexibility index (Phi) is 5.49. The molecule has 5 heteroatoms. The Morgan fingerprint density at radius 3 is 2.27 bits per heavy atom. The van der Waals surface area contributed by atoms with Crippen molar-refractivity contribution >= 4 is 10.0 Å². The Labute approximate surface area is 155 Å². The maximum atomic E-state index is 12.9. The lowest BCUT2D eigenvalue weighted by Crippen LogP contribution is -2.30. The number of aromatic nitrogens is 1. The maximum Gasteiger partial charge on any atom is 0.241 e. The van der Waals surface area contributed by atoms with E-state index in [1.807, 2.05) is 56.3 Å². The Morgan fingerprint density at radius 2 is 1.62 bits per heavy atom. The first-order valence-electron chi connectivity index (χ1n) is 8.50. The molecule has 0 aliphatic carbocycles. The highest BCUT2D eigenvalue weighted by Crippen LogP contribution is 2.22. The molecule has 0 bridgehead atoms. The summed E-state index contributed by atoms with van der Waals surface area (Å²) >= 11 is 0. The fourth-order valence-electron chi connectivity index (χ4n) is 2.81. The van der Waals surface area contributed by atoms with Gasteiger partial charge in [-0.15, -0.1) is 0 Å². The summed E-state index contributed by atoms with van der Waals surface area (Å²) in [6.45, 7) is 3.92. The molecule has 26 heavy (non-hydrogen) atoms. The molecule has 0 amide bonds. The van der Waals surface area contributed by atoms with Crippen LogP contribution in [-0.2, 0) is 16.4 Å². The molecule has 1 atom stereocenters. The van der Waals surface area contributed by atoms with Crippen LogP contribution in [-0.4, -0.2) is 13.4 Å². The molecule has 4 nitrogen and oxygen atoms in total. The molecule has 134 valence electrons. The number of sulfonamides is 1. The van der Waals surface area contributed by atoms with E-state index in [0.717, 1.165) is 22.4 Å². The number of rotatable bonds is 6. The third-order valence-electron chi connectivity index (χ3n) is 4.35. The summed E-state index contributed by atoms with van der Waals surface area (Å²) in [4.78, 5) is 4.69. The van der Waals surface area contributed by atoms with Crippen LogP contribution < -0.4 is 4.72 Å². The van der Waals surface area contributed by atoms with Crippen molar-refractivity contribution in [2.75, 3.05) is 0 Å². The second kappa shape index (κ2) is 7.81. The van der Waals surface area contributed by atoms with E-state index >= 15 is 0 Å². The van der Waals surface area contributed by atoms with Gasteiger partial charge in [0.25, 0.3) is 0 Å². The van der Waals surface area contributed by atoms with Gasteiger partial charge in [-0.25, -0.2) is 13.1 Å². The number of nitrogens with one attached hydrogen (secondary N) is 1. The van der Waals surface area contributed by atoms with Crippen molar-refractivity contribution in [3.05, 3.63) is 95.3 Å². The first-order valence-corrected chi connectivity index (χ1v) is 9.98. The Morgan fingerprint density at radius 1 is 0.923 bits per heavy atom. The van der Waals surface area contributed by atoms with Crippen molar-refractivity contribution < 1.29 is 8.42 Å². The summed E-state index contributed by atoms with van der Waals surface area (Å²) < 4.78 is 28.6. The van der Waals surface area contributed by atoms with E-state index in [9.17, 15) is 8.42 Å². The van der Waals surface area contributed by atoms with E-state index < -0.39 is 16.1 Å². The standard InChI is InChI=1S/C21H22N2O2S/c1-16-10-12-19(13-11-16)26(24,25)23-21(18-8-4-3-5-9-18)15-20-17(2)7-6-14-22-20/h3-14,21,23H,15H2,1-2H3. The normalized spacial score (nSPS) is 12.7. The van der Waals surface area contributed by atoms with Gasteiger partial charge in [-0.1, -0.05) is 54.1 Å². The van der Waals surface area contributed by atoms with Crippen LogP contribution >= 0.6 is 0 Å². The lowest BCUT2D eigenvalue weighted by Gasteiger charge is -2.20. The lowest BCUT2D eigenvalue weighted by molar-refractivity contribution is 0.552. The van der Waals surface area contributed by atoms with Crippen molar-refractivity contribution in [1.29, 1.82) is 0 Å². The van der Waals surface area contributed by atoms with E-state index in [-0.39, 0.29) is 4.90 Å². The molecule has 0 spiro atoms. The van der Waals surface area contributed by atoms with Crippen molar-refractivity contribution in [1.82, 2.24) is 9.71 Å². The van der Waals surface area contributed by atoms with Crippen LogP contribution in [0.1, 0.15) is 28.4 Å². The second-order valence-electron chi connectivity index (χ2n) is 6.37. The van der Waals surface area contributed by atoms with Crippen molar-refractivity contribution in [2.45, 2.75) is 31.2 Å². The van der Waals surface area contributed by atoms with Gasteiger partial charge in [0.05, 0.1) is 10.9 Å². The van der Waals surface area contributed by atoms with E-state index in [0.29, 0.717) is 6.42 Å². The van der Waals surface area contributed by atoms with Crippen molar-refractivity contribution in [3.8, 4) is 0 Å². The monoisotopic (exact) mass is 366 g/mol. The summed E-state index contributed by atoms with van der Waals surface area (Å²) in [6, 6.07) is 19.9. The van der Waals surface area contributed by atoms with Crippen LogP contribution in [0.2, 0.25) is 0 Å². The second-order valence-corrected chi connectivity index (χ2v) is 8.08. The van der Waals surface area contributed by atoms with Gasteiger partial charge < -0.3 is 0 Å². The van der Waals surface area contributed by atoms with Crippen LogP contribution in [0.4, 0.5) is 0 Å². The fourth-order valence-corrected chi connectivity index (χ4v) is 4.04. The van der Waals surface area contributed by atoms with Crippen LogP contribution in [0.25, 0.3) is 0 Å². The maximum absolute atomic E-state index is 12.9. The average Bonchev–Trinajstić information content (AvgIpc) is 2.64. The minimum Gasteiger partial charge on any atom is -0.261 e. The molecular weight excluding hydrogens is 344 g/mol. The lowest BCUT2D eigenvalue weighted by atomic mass is 10.0. The predicted molar refractivity (Wildman–Crippen MR) is 103 cm³/mol. The van der Waals surface area contributed by atoms with Crippen LogP contribution in [0.15, 0.2) is 77.8 Å². The molecule has 1 N–H and O–H groups in total. The van der Waals surface area contributed by atoms with Gasteiger partial charge in [-0.05, 0) is 43.2 Å². The Bertz CT molecular complexity index is 968. The van der Waals surface area contributed by atoms with Crippen LogP contribution in [0, 0.1) is 13.8 Å². The molecular formula is C21H22N2O2S. The van der Waals surface area contributed by atoms with Gasteiger partial charge in [-0.3, -0.25) is 4.98 Å². The molecule has 0 radical (unpaired) electrons. The molecule has 3 rings (SSSR count). The van der Waals surface area contributed by atoms with Gasteiger partial charge in [0.1, 0.15) is 0 Å². The minimum absolute atomic E-state index is 0.266. The average molecular weight is 366 g/mol. The highest BCUT2D eigenvalue weighted by molar-refractivity contribution is 7.89. The van der Waals surface area contributed by atoms with E-state index in [1.165, 1.54) is 0 Å². The molecule has 1 unspecified atom stereocenters. The molecule has 2 aromatic carbocycles. The van der Waals surface area contributed by atoms with Gasteiger partial charge >= 0.3 is 0 Å². The molecule has 0 aliphatic rings. The minimum atomic E-state index is -3.64. The zero-order chi connectivity index (χ0) is 18.6. The van der Waals surface area contributed by atoms with E-state index in [4.69, 9.17) is 0 Å². The van der Waals surface area contributed by atoms with E-state index in [1.54, 1.807) is 30.5 Å². The number of pyridine rings is 1. The molecule has 3 aromatic rings. The SMILES string of the molecule is Cc1ccc(S(=O)(=O)NC(Cc2ncccc2C)c2ccccc2)cc1. The summed E-state index contributed by atoms with van der Waals surface area (Å²) in [5.74, 6) is 0. The number of hydrogen-bond acceptors (Lipinski definition) is 3. The number of nitrogens with zero attached hydrogens (tertiary/aromatic N) is 1. The quantitative estimate of drug-likeness (QED) is 0.718. The van der Waals surface area contributed by atoms with Gasteiger partial charge in [0.15, 0.2) is 0 Å². The molecule has 0 fully saturated rings. The third-order valence-corrected chi connectivity index (χ3v) is 5.83. The number of hydrogen-bond donors (Lipinski definition) is 1. The molecule has 1 heterocycles. The first kappa shape index (κ1) is 18.3. The van der Waals surface area contributed by atoms with Crippen molar-refractivity contribution in [3.63, 3.8) is 0 Å². The van der Waals surface area contributed by atoms with Crippen molar-refractivity contribution in [2.24, 2.45) is 0 Å². The highest BCUT2D eigenvalue weighted by Gasteiger charge is 2.22. The van der Waals surface area contributed by atoms with Gasteiger partial charge in [-0.2, -0.15) is 0 Å². The Balaban J connectivity index is 1.93. The fraction of sp³-hybridized carbons (Fsp3) is 0.190. The highest BCUT2D eigenvalue weighted by atomic mass is 32.2. The zero-order valence-electron chi connectivity index (χ0n) is 14.9. The smallest absolute Gasteiger partial charge is 0.241 e. The third kappa shape index (κ3) is 4.36. The summed E-state index contributed by atoms with van der Waals surface area (Å²) in [7, 11) is -3.64. The van der Waals surface area contributed by atoms with E-state index in [2.05, 4.69) is 9.71 Å². The van der Waals surface area contributed by atoms with Gasteiger partial charge in [0, 0.05) is 18.3 Å². The Hall–Kier alpha value is -2.50. The molecule has 0 saturated heterocycles. The van der Waals surface area contributed by atoms with Crippen LogP contribution in [0.3, 0.4) is 0 Å². The molecule has 0 aliphatic heterocycles. The predicted octanol–water partition coefficient (Wildman–Crippen LogP) is 3.96. The first-order chi connectivity index (χ1) is 12.5. The summed E-state index contributed by atoms with van der Waals surface area (Å²) in [5, 5.41) is 0. The summed E-state index contributed by atoms with van der Waals surface area (Å²) in [6.07, 6.45) is 2.22. The molecule has 1 aromatic heterocycles.